The van der Waals surface area contributed by atoms with E-state index in [0.717, 1.165) is 6.42 Å². The Labute approximate surface area is 248 Å². The summed E-state index contributed by atoms with van der Waals surface area (Å²) in [4.78, 5) is 45.8. The summed E-state index contributed by atoms with van der Waals surface area (Å²) in [6.07, 6.45) is 4.91. The summed E-state index contributed by atoms with van der Waals surface area (Å²) < 4.78 is 12.2. The van der Waals surface area contributed by atoms with Crippen molar-refractivity contribution in [3.05, 3.63) is 25.3 Å². The molecule has 9 heteroatoms. The normalized spacial score (nSPS) is 30.4. The lowest BCUT2D eigenvalue weighted by Gasteiger charge is -2.46. The van der Waals surface area contributed by atoms with E-state index in [4.69, 9.17) is 9.47 Å². The Morgan fingerprint density at radius 1 is 1.25 bits per heavy atom. The van der Waals surface area contributed by atoms with E-state index >= 15 is 0 Å². The molecule has 3 saturated heterocycles. The lowest BCUT2D eigenvalue weighted by molar-refractivity contribution is -0.158. The van der Waals surface area contributed by atoms with Gasteiger partial charge >= 0.3 is 5.97 Å². The standard InChI is InChI=1S/C31H49BrN2O6/c1-10-12-14-39-28(38)22-23-26(36)34(20(17-35)15-19(3)4)25(31(23)16-21(32)24(22)40-31)27(37)33(13-11-2)30(8,9)18-29(5,6)7/h10-11,19-25,35H,1-2,12-18H2,3-9H3/t20-,21?,22+,23+,24+,25?,31?/m1/s1. The van der Waals surface area contributed by atoms with Gasteiger partial charge in [-0.1, -0.05) is 62.7 Å². The molecule has 0 aromatic heterocycles. The van der Waals surface area contributed by atoms with Gasteiger partial charge in [0.2, 0.25) is 11.8 Å². The van der Waals surface area contributed by atoms with E-state index in [2.05, 4.69) is 49.9 Å². The van der Waals surface area contributed by atoms with Gasteiger partial charge in [0.1, 0.15) is 11.6 Å². The molecular formula is C31H49BrN2O6. The number of ether oxygens (including phenoxy) is 2. The highest BCUT2D eigenvalue weighted by atomic mass is 79.9. The van der Waals surface area contributed by atoms with Gasteiger partial charge in [-0.3, -0.25) is 14.4 Å². The highest BCUT2D eigenvalue weighted by Gasteiger charge is 2.77. The van der Waals surface area contributed by atoms with Gasteiger partial charge in [0.15, 0.2) is 0 Å². The van der Waals surface area contributed by atoms with Gasteiger partial charge < -0.3 is 24.4 Å². The first kappa shape index (κ1) is 32.8. The molecule has 1 spiro atoms. The number of carbonyl (C=O) groups is 3. The topological polar surface area (TPSA) is 96.4 Å². The summed E-state index contributed by atoms with van der Waals surface area (Å²) in [7, 11) is 0. The zero-order valence-electron chi connectivity index (χ0n) is 25.3. The second-order valence-electron chi connectivity index (χ2n) is 13.9. The Morgan fingerprint density at radius 3 is 2.42 bits per heavy atom. The molecule has 0 aromatic rings. The van der Waals surface area contributed by atoms with E-state index in [1.807, 2.05) is 27.7 Å². The molecule has 3 rings (SSSR count). The number of aliphatic hydroxyl groups excluding tert-OH is 1. The van der Waals surface area contributed by atoms with Crippen molar-refractivity contribution >= 4 is 33.7 Å². The molecule has 0 aromatic carbocycles. The van der Waals surface area contributed by atoms with Crippen LogP contribution in [0.2, 0.25) is 0 Å². The van der Waals surface area contributed by atoms with Crippen LogP contribution < -0.4 is 0 Å². The van der Waals surface area contributed by atoms with Crippen molar-refractivity contribution in [3.63, 3.8) is 0 Å². The Morgan fingerprint density at radius 2 is 1.90 bits per heavy atom. The smallest absolute Gasteiger partial charge is 0.312 e. The largest absolute Gasteiger partial charge is 0.465 e. The Hall–Kier alpha value is -1.71. The van der Waals surface area contributed by atoms with Crippen molar-refractivity contribution in [2.75, 3.05) is 19.8 Å². The zero-order valence-corrected chi connectivity index (χ0v) is 26.9. The van der Waals surface area contributed by atoms with Crippen molar-refractivity contribution < 1.29 is 29.0 Å². The van der Waals surface area contributed by atoms with E-state index in [1.54, 1.807) is 22.0 Å². The number of nitrogens with zero attached hydrogens (tertiary/aromatic N) is 2. The van der Waals surface area contributed by atoms with Crippen LogP contribution in [0.5, 0.6) is 0 Å². The predicted molar refractivity (Wildman–Crippen MR) is 159 cm³/mol. The fourth-order valence-corrected chi connectivity index (χ4v) is 8.42. The minimum absolute atomic E-state index is 0.0654. The molecule has 3 fully saturated rings. The Balaban J connectivity index is 2.14. The second kappa shape index (κ2) is 12.3. The Bertz CT molecular complexity index is 991. The van der Waals surface area contributed by atoms with Gasteiger partial charge in [0.25, 0.3) is 0 Å². The number of hydrogen-bond donors (Lipinski definition) is 1. The molecule has 8 nitrogen and oxygen atoms in total. The minimum atomic E-state index is -1.21. The molecule has 0 radical (unpaired) electrons. The van der Waals surface area contributed by atoms with Crippen LogP contribution in [0.4, 0.5) is 0 Å². The molecule has 3 unspecified atom stereocenters. The summed E-state index contributed by atoms with van der Waals surface area (Å²) in [5.41, 5.74) is -1.84. The maximum atomic E-state index is 14.8. The monoisotopic (exact) mass is 624 g/mol. The maximum absolute atomic E-state index is 14.8. The van der Waals surface area contributed by atoms with Gasteiger partial charge in [-0.2, -0.15) is 0 Å². The summed E-state index contributed by atoms with van der Waals surface area (Å²) in [6.45, 7) is 22.3. The van der Waals surface area contributed by atoms with Crippen LogP contribution in [-0.4, -0.2) is 86.6 Å². The third-order valence-corrected chi connectivity index (χ3v) is 9.26. The summed E-state index contributed by atoms with van der Waals surface area (Å²) in [5.74, 6) is -2.60. The number of likely N-dealkylation sites (tertiary alicyclic amines) is 1. The zero-order chi connectivity index (χ0) is 30.2. The van der Waals surface area contributed by atoms with Gasteiger partial charge in [0, 0.05) is 16.9 Å². The van der Waals surface area contributed by atoms with Gasteiger partial charge in [-0.15, -0.1) is 13.2 Å². The molecule has 0 aliphatic carbocycles. The predicted octanol–water partition coefficient (Wildman–Crippen LogP) is 4.49. The fraction of sp³-hybridized carbons (Fsp3) is 0.774. The highest BCUT2D eigenvalue weighted by Crippen LogP contribution is 2.61. The first-order valence-electron chi connectivity index (χ1n) is 14.5. The van der Waals surface area contributed by atoms with Gasteiger partial charge in [0.05, 0.1) is 37.2 Å². The molecule has 7 atom stereocenters. The average molecular weight is 626 g/mol. The maximum Gasteiger partial charge on any atom is 0.312 e. The molecule has 3 aliphatic heterocycles. The number of esters is 1. The number of rotatable bonds is 13. The molecular weight excluding hydrogens is 576 g/mol. The van der Waals surface area contributed by atoms with Crippen LogP contribution in [-0.2, 0) is 23.9 Å². The Kier molecular flexibility index (Phi) is 10.1. The second-order valence-corrected chi connectivity index (χ2v) is 15.1. The molecule has 0 saturated carbocycles. The van der Waals surface area contributed by atoms with Crippen LogP contribution in [0, 0.1) is 23.2 Å². The van der Waals surface area contributed by atoms with E-state index in [1.165, 1.54) is 0 Å². The summed E-state index contributed by atoms with van der Waals surface area (Å²) in [5, 5.41) is 10.5. The lowest BCUT2D eigenvalue weighted by atomic mass is 9.70. The van der Waals surface area contributed by atoms with E-state index in [-0.39, 0.29) is 41.2 Å². The number of aliphatic hydroxyl groups is 1. The number of alkyl halides is 1. The van der Waals surface area contributed by atoms with E-state index in [0.29, 0.717) is 25.8 Å². The van der Waals surface area contributed by atoms with Gasteiger partial charge in [-0.05, 0) is 50.9 Å². The number of carbonyl (C=O) groups excluding carboxylic acids is 3. The minimum Gasteiger partial charge on any atom is -0.465 e. The molecule has 40 heavy (non-hydrogen) atoms. The highest BCUT2D eigenvalue weighted by molar-refractivity contribution is 9.09. The average Bonchev–Trinajstić information content (AvgIpc) is 3.42. The van der Waals surface area contributed by atoms with E-state index < -0.39 is 47.1 Å². The first-order valence-corrected chi connectivity index (χ1v) is 15.4. The third-order valence-electron chi connectivity index (χ3n) is 8.42. The molecule has 2 bridgehead atoms. The number of hydrogen-bond acceptors (Lipinski definition) is 6. The summed E-state index contributed by atoms with van der Waals surface area (Å²) >= 11 is 3.71. The van der Waals surface area contributed by atoms with Crippen molar-refractivity contribution in [2.45, 2.75) is 108 Å². The van der Waals surface area contributed by atoms with Crippen molar-refractivity contribution in [2.24, 2.45) is 23.2 Å². The molecule has 1 N–H and O–H groups in total. The van der Waals surface area contributed by atoms with Crippen LogP contribution in [0.3, 0.4) is 0 Å². The fourth-order valence-electron chi connectivity index (χ4n) is 7.47. The molecule has 3 aliphatic rings. The number of fused-ring (bicyclic) bond motifs is 1. The van der Waals surface area contributed by atoms with Crippen molar-refractivity contribution in [1.82, 2.24) is 9.80 Å². The molecule has 226 valence electrons. The van der Waals surface area contributed by atoms with Crippen LogP contribution in [0.25, 0.3) is 0 Å². The van der Waals surface area contributed by atoms with Crippen LogP contribution in [0.1, 0.15) is 74.1 Å². The van der Waals surface area contributed by atoms with E-state index in [9.17, 15) is 19.5 Å². The number of amides is 2. The van der Waals surface area contributed by atoms with Crippen LogP contribution in [0.15, 0.2) is 25.3 Å². The third kappa shape index (κ3) is 6.07. The van der Waals surface area contributed by atoms with Crippen LogP contribution >= 0.6 is 15.9 Å². The van der Waals surface area contributed by atoms with Gasteiger partial charge in [-0.25, -0.2) is 0 Å². The lowest BCUT2D eigenvalue weighted by Crippen LogP contribution is -2.62. The quantitative estimate of drug-likeness (QED) is 0.140. The van der Waals surface area contributed by atoms with Crippen molar-refractivity contribution in [3.8, 4) is 0 Å². The number of halogens is 1. The first-order chi connectivity index (χ1) is 18.6. The molecule has 3 heterocycles. The SMILES string of the molecule is C=CCCOC(=O)[C@H]1[C@H]2C(=O)N([C@@H](CO)CC(C)C)C(C(=O)N(CC=C)C(C)(C)CC(C)(C)C)C23CC(Br)[C@@H]1O3. The summed E-state index contributed by atoms with van der Waals surface area (Å²) in [6, 6.07) is -1.58. The molecule has 2 amide bonds. The van der Waals surface area contributed by atoms with Crippen molar-refractivity contribution in [1.29, 1.82) is 0 Å².